The molecule has 3 heteroatoms. The summed E-state index contributed by atoms with van der Waals surface area (Å²) in [6.45, 7) is 0. The molecule has 0 heterocycles. The van der Waals surface area contributed by atoms with E-state index < -0.39 is 5.83 Å². The minimum Gasteiger partial charge on any atom is -0.195 e. The molecule has 19 heavy (non-hydrogen) atoms. The topological polar surface area (TPSA) is 47.6 Å². The van der Waals surface area contributed by atoms with Gasteiger partial charge >= 0.3 is 0 Å². The molecule has 0 radical (unpaired) electrons. The lowest BCUT2D eigenvalue weighted by Crippen LogP contribution is -2.12. The number of rotatable bonds is 2. The van der Waals surface area contributed by atoms with Gasteiger partial charge in [0.05, 0.1) is 11.6 Å². The van der Waals surface area contributed by atoms with Crippen LogP contribution in [0.4, 0.5) is 4.39 Å². The fourth-order valence-electron chi connectivity index (χ4n) is 2.69. The molecule has 0 aromatic heterocycles. The predicted octanol–water partition coefficient (Wildman–Crippen LogP) is 4.21. The van der Waals surface area contributed by atoms with Crippen LogP contribution in [0.3, 0.4) is 0 Å². The van der Waals surface area contributed by atoms with E-state index in [0.29, 0.717) is 11.5 Å². The highest BCUT2D eigenvalue weighted by Gasteiger charge is 2.21. The van der Waals surface area contributed by atoms with Crippen molar-refractivity contribution in [3.63, 3.8) is 0 Å². The molecule has 1 aromatic carbocycles. The zero-order valence-corrected chi connectivity index (χ0v) is 10.6. The van der Waals surface area contributed by atoms with Crippen molar-refractivity contribution >= 4 is 0 Å². The quantitative estimate of drug-likeness (QED) is 0.742. The molecule has 0 aliphatic heterocycles. The van der Waals surface area contributed by atoms with Crippen LogP contribution in [0.25, 0.3) is 0 Å². The number of nitriles is 2. The van der Waals surface area contributed by atoms with Crippen LogP contribution in [0.15, 0.2) is 36.2 Å². The van der Waals surface area contributed by atoms with Crippen LogP contribution in [-0.4, -0.2) is 0 Å². The van der Waals surface area contributed by atoms with Crippen molar-refractivity contribution in [3.05, 3.63) is 47.3 Å². The largest absolute Gasteiger partial charge is 0.196 e. The van der Waals surface area contributed by atoms with Gasteiger partial charge in [0.25, 0.3) is 0 Å². The summed E-state index contributed by atoms with van der Waals surface area (Å²) >= 11 is 0. The maximum atomic E-state index is 12.9. The number of halogens is 1. The average molecular weight is 254 g/mol. The maximum absolute atomic E-state index is 12.9. The van der Waals surface area contributed by atoms with Crippen molar-refractivity contribution in [2.45, 2.75) is 31.6 Å². The average Bonchev–Trinajstić information content (AvgIpc) is 2.48. The van der Waals surface area contributed by atoms with Crippen molar-refractivity contribution in [2.75, 3.05) is 0 Å². The monoisotopic (exact) mass is 254 g/mol. The summed E-state index contributed by atoms with van der Waals surface area (Å²) in [4.78, 5) is 0. The lowest BCUT2D eigenvalue weighted by atomic mass is 9.78. The van der Waals surface area contributed by atoms with Gasteiger partial charge in [-0.1, -0.05) is 12.1 Å². The summed E-state index contributed by atoms with van der Waals surface area (Å²) in [5.74, 6) is 0.0126. The normalized spacial score (nSPS) is 23.4. The minimum absolute atomic E-state index is 0.189. The van der Waals surface area contributed by atoms with Gasteiger partial charge in [0.15, 0.2) is 5.83 Å². The fraction of sp³-hybridized carbons (Fsp3) is 0.375. The molecular formula is C16H15FN2. The molecule has 2 nitrogen and oxygen atoms in total. The summed E-state index contributed by atoms with van der Waals surface area (Å²) in [5.41, 5.74) is 1.93. The van der Waals surface area contributed by atoms with E-state index in [9.17, 15) is 4.39 Å². The summed E-state index contributed by atoms with van der Waals surface area (Å²) < 4.78 is 12.9. The molecule has 1 saturated carbocycles. The van der Waals surface area contributed by atoms with E-state index in [1.54, 1.807) is 0 Å². The first kappa shape index (κ1) is 13.3. The lowest BCUT2D eigenvalue weighted by Gasteiger charge is -2.26. The van der Waals surface area contributed by atoms with Crippen LogP contribution < -0.4 is 0 Å². The van der Waals surface area contributed by atoms with Crippen molar-refractivity contribution in [2.24, 2.45) is 5.92 Å². The highest BCUT2D eigenvalue weighted by Crippen LogP contribution is 2.36. The Kier molecular flexibility index (Phi) is 4.31. The molecule has 1 aromatic rings. The highest BCUT2D eigenvalue weighted by atomic mass is 19.1. The van der Waals surface area contributed by atoms with Crippen LogP contribution in [0, 0.1) is 28.6 Å². The molecule has 0 spiro atoms. The Morgan fingerprint density at radius 2 is 1.74 bits per heavy atom. The second-order valence-electron chi connectivity index (χ2n) is 4.97. The molecule has 0 bridgehead atoms. The van der Waals surface area contributed by atoms with Crippen molar-refractivity contribution < 1.29 is 4.39 Å². The van der Waals surface area contributed by atoms with Gasteiger partial charge < -0.3 is 0 Å². The van der Waals surface area contributed by atoms with E-state index >= 15 is 0 Å². The number of hydrogen-bond acceptors (Lipinski definition) is 2. The van der Waals surface area contributed by atoms with E-state index in [4.69, 9.17) is 10.5 Å². The molecule has 2 rings (SSSR count). The van der Waals surface area contributed by atoms with E-state index in [1.807, 2.05) is 24.3 Å². The number of nitrogens with zero attached hydrogens (tertiary/aromatic N) is 2. The SMILES string of the molecule is N#C/C(F)=C/C1CCC(c2ccc(C#N)cc2)CC1. The van der Waals surface area contributed by atoms with Gasteiger partial charge in [-0.25, -0.2) is 0 Å². The van der Waals surface area contributed by atoms with E-state index in [0.717, 1.165) is 25.7 Å². The van der Waals surface area contributed by atoms with Crippen LogP contribution in [0.1, 0.15) is 42.7 Å². The summed E-state index contributed by atoms with van der Waals surface area (Å²) in [7, 11) is 0. The zero-order valence-electron chi connectivity index (χ0n) is 10.6. The van der Waals surface area contributed by atoms with Gasteiger partial charge in [0.1, 0.15) is 6.07 Å². The Labute approximate surface area is 112 Å². The first-order valence-corrected chi connectivity index (χ1v) is 6.50. The summed E-state index contributed by atoms with van der Waals surface area (Å²) in [6, 6.07) is 11.3. The third-order valence-corrected chi connectivity index (χ3v) is 3.77. The second kappa shape index (κ2) is 6.16. The molecule has 0 N–H and O–H groups in total. The van der Waals surface area contributed by atoms with E-state index in [-0.39, 0.29) is 5.92 Å². The Hall–Kier alpha value is -2.13. The molecule has 0 unspecified atom stereocenters. The molecule has 1 fully saturated rings. The number of benzene rings is 1. The second-order valence-corrected chi connectivity index (χ2v) is 4.97. The van der Waals surface area contributed by atoms with E-state index in [2.05, 4.69) is 6.07 Å². The predicted molar refractivity (Wildman–Crippen MR) is 70.7 cm³/mol. The molecule has 0 atom stereocenters. The first-order chi connectivity index (χ1) is 9.22. The smallest absolute Gasteiger partial charge is 0.195 e. The fourth-order valence-corrected chi connectivity index (χ4v) is 2.69. The molecule has 0 amide bonds. The third-order valence-electron chi connectivity index (χ3n) is 3.77. The maximum Gasteiger partial charge on any atom is 0.196 e. The molecule has 1 aliphatic carbocycles. The standard InChI is InChI=1S/C16H15FN2/c17-16(11-19)9-12-1-5-14(6-2-12)15-7-3-13(10-18)4-8-15/h3-4,7-9,12,14H,1-2,5-6H2/b16-9-. The van der Waals surface area contributed by atoms with Crippen LogP contribution in [-0.2, 0) is 0 Å². The van der Waals surface area contributed by atoms with Crippen molar-refractivity contribution in [3.8, 4) is 12.1 Å². The van der Waals surface area contributed by atoms with E-state index in [1.165, 1.54) is 17.7 Å². The van der Waals surface area contributed by atoms with Gasteiger partial charge in [-0.2, -0.15) is 14.9 Å². The first-order valence-electron chi connectivity index (χ1n) is 6.50. The number of hydrogen-bond donors (Lipinski definition) is 0. The van der Waals surface area contributed by atoms with Crippen LogP contribution in [0.2, 0.25) is 0 Å². The Morgan fingerprint density at radius 1 is 1.11 bits per heavy atom. The van der Waals surface area contributed by atoms with Gasteiger partial charge in [-0.3, -0.25) is 0 Å². The Morgan fingerprint density at radius 3 is 2.26 bits per heavy atom. The Bertz CT molecular complexity index is 538. The van der Waals surface area contributed by atoms with Crippen LogP contribution in [0.5, 0.6) is 0 Å². The summed E-state index contributed by atoms with van der Waals surface area (Å²) in [6.07, 6.45) is 5.30. The lowest BCUT2D eigenvalue weighted by molar-refractivity contribution is 0.372. The van der Waals surface area contributed by atoms with Gasteiger partial charge in [-0.15, -0.1) is 0 Å². The molecule has 1 aliphatic rings. The van der Waals surface area contributed by atoms with Crippen LogP contribution >= 0.6 is 0 Å². The third kappa shape index (κ3) is 3.42. The molecule has 0 saturated heterocycles. The van der Waals surface area contributed by atoms with Gasteiger partial charge in [-0.05, 0) is 61.3 Å². The van der Waals surface area contributed by atoms with Gasteiger partial charge in [0.2, 0.25) is 0 Å². The Balaban J connectivity index is 1.96. The minimum atomic E-state index is -0.665. The zero-order chi connectivity index (χ0) is 13.7. The summed E-state index contributed by atoms with van der Waals surface area (Å²) in [5, 5.41) is 17.2. The molecule has 96 valence electrons. The number of allylic oxidation sites excluding steroid dienone is 2. The molecular weight excluding hydrogens is 239 g/mol. The highest BCUT2D eigenvalue weighted by molar-refractivity contribution is 5.33. The van der Waals surface area contributed by atoms with Crippen molar-refractivity contribution in [1.82, 2.24) is 0 Å². The van der Waals surface area contributed by atoms with Crippen molar-refractivity contribution in [1.29, 1.82) is 10.5 Å². The van der Waals surface area contributed by atoms with Gasteiger partial charge in [0, 0.05) is 0 Å².